The average molecular weight is 685 g/mol. The summed E-state index contributed by atoms with van der Waals surface area (Å²) in [6, 6.07) is 29.5. The molecular weight excluding hydrogens is 644 g/mol. The predicted molar refractivity (Wildman–Crippen MR) is 178 cm³/mol. The van der Waals surface area contributed by atoms with E-state index in [1.165, 1.54) is 21.1 Å². The first-order valence-electron chi connectivity index (χ1n) is 16.1. The molecule has 4 unspecified atom stereocenters. The first kappa shape index (κ1) is 36.1. The van der Waals surface area contributed by atoms with Gasteiger partial charge < -0.3 is 33.2 Å². The van der Waals surface area contributed by atoms with Crippen molar-refractivity contribution < 1.29 is 47.5 Å². The minimum absolute atomic E-state index is 0.0303. The number of ether oxygens (including phenoxy) is 7. The summed E-state index contributed by atoms with van der Waals surface area (Å²) in [5.41, 5.74) is 1.66. The van der Waals surface area contributed by atoms with Crippen LogP contribution >= 0.6 is 0 Å². The summed E-state index contributed by atoms with van der Waals surface area (Å²) in [7, 11) is 2.67. The molecule has 12 nitrogen and oxygen atoms in total. The monoisotopic (exact) mass is 684 g/mol. The lowest BCUT2D eigenvalue weighted by Crippen LogP contribution is -2.53. The number of nitrogens with zero attached hydrogens (tertiary/aromatic N) is 2. The summed E-state index contributed by atoms with van der Waals surface area (Å²) in [4.78, 5) is 47.9. The van der Waals surface area contributed by atoms with E-state index in [4.69, 9.17) is 33.2 Å². The lowest BCUT2D eigenvalue weighted by Gasteiger charge is -2.39. The summed E-state index contributed by atoms with van der Waals surface area (Å²) < 4.78 is 40.7. The van der Waals surface area contributed by atoms with Gasteiger partial charge >= 0.3 is 23.9 Å². The third-order valence-electron chi connectivity index (χ3n) is 8.07. The summed E-state index contributed by atoms with van der Waals surface area (Å²) in [5.74, 6) is -2.17. The van der Waals surface area contributed by atoms with Gasteiger partial charge in [0.05, 0.1) is 26.0 Å². The van der Waals surface area contributed by atoms with Crippen molar-refractivity contribution in [2.24, 2.45) is 0 Å². The van der Waals surface area contributed by atoms with Crippen LogP contribution in [0.15, 0.2) is 97.1 Å². The molecule has 0 amide bonds. The second-order valence-electron chi connectivity index (χ2n) is 11.6. The molecule has 4 aromatic rings. The van der Waals surface area contributed by atoms with Crippen LogP contribution in [0.1, 0.15) is 47.8 Å². The lowest BCUT2D eigenvalue weighted by molar-refractivity contribution is -0.234. The van der Waals surface area contributed by atoms with Crippen LogP contribution in [-0.4, -0.2) is 66.7 Å². The number of aryl methyl sites for hydroxylation is 1. The Bertz CT molecular complexity index is 1680. The van der Waals surface area contributed by atoms with Crippen LogP contribution in [0.3, 0.4) is 0 Å². The van der Waals surface area contributed by atoms with Gasteiger partial charge in [0.2, 0.25) is 12.4 Å². The molecule has 0 aliphatic carbocycles. The highest BCUT2D eigenvalue weighted by atomic mass is 16.7. The SMILES string of the molecule is COC(=O)C1CC(OC(C)=O)CC(OC(=O)C(Oc2nc(C)cc(COCc3ccccc3)n2)C(OC)(c2ccccc2)c2ccccc2)O1. The molecule has 50 heavy (non-hydrogen) atoms. The topological polar surface area (TPSA) is 142 Å². The van der Waals surface area contributed by atoms with Crippen molar-refractivity contribution in [2.75, 3.05) is 14.2 Å². The largest absolute Gasteiger partial charge is 0.467 e. The van der Waals surface area contributed by atoms with Crippen molar-refractivity contribution in [3.05, 3.63) is 125 Å². The van der Waals surface area contributed by atoms with Crippen LogP contribution in [0.5, 0.6) is 6.01 Å². The van der Waals surface area contributed by atoms with Crippen LogP contribution in [0.4, 0.5) is 0 Å². The van der Waals surface area contributed by atoms with E-state index in [2.05, 4.69) is 9.97 Å². The van der Waals surface area contributed by atoms with Crippen molar-refractivity contribution >= 4 is 17.9 Å². The molecule has 1 aromatic heterocycles. The molecule has 1 fully saturated rings. The highest BCUT2D eigenvalue weighted by Crippen LogP contribution is 2.39. The van der Waals surface area contributed by atoms with E-state index in [0.717, 1.165) is 5.56 Å². The van der Waals surface area contributed by atoms with E-state index in [-0.39, 0.29) is 25.5 Å². The molecular formula is C38H40N2O10. The van der Waals surface area contributed by atoms with Gasteiger partial charge in [-0.25, -0.2) is 14.6 Å². The van der Waals surface area contributed by atoms with Crippen molar-refractivity contribution in [2.45, 2.75) is 70.1 Å². The number of esters is 3. The zero-order valence-corrected chi connectivity index (χ0v) is 28.4. The Labute approximate surface area is 290 Å². The Morgan fingerprint density at radius 3 is 2.04 bits per heavy atom. The first-order chi connectivity index (χ1) is 24.2. The van der Waals surface area contributed by atoms with Gasteiger partial charge in [0.1, 0.15) is 6.10 Å². The van der Waals surface area contributed by atoms with Crippen LogP contribution < -0.4 is 4.74 Å². The van der Waals surface area contributed by atoms with Gasteiger partial charge in [-0.15, -0.1) is 0 Å². The van der Waals surface area contributed by atoms with Gasteiger partial charge in [0.15, 0.2) is 11.7 Å². The van der Waals surface area contributed by atoms with E-state index >= 15 is 0 Å². The minimum atomic E-state index is -1.59. The standard InChI is InChI=1S/C38H40N2O10/c1-25-20-30(24-46-23-27-14-8-5-9-15-27)40-37(39-25)50-34(38(45-4,28-16-10-6-11-17-28)29-18-12-7-13-19-29)36(43)49-33-22-31(47-26(2)41)21-32(48-33)35(42)44-3/h5-20,31-34H,21-24H2,1-4H3. The first-order valence-corrected chi connectivity index (χ1v) is 16.1. The highest BCUT2D eigenvalue weighted by molar-refractivity contribution is 5.79. The van der Waals surface area contributed by atoms with Crippen molar-refractivity contribution in [1.29, 1.82) is 0 Å². The molecule has 1 aliphatic heterocycles. The van der Waals surface area contributed by atoms with E-state index in [9.17, 15) is 14.4 Å². The molecule has 262 valence electrons. The number of methoxy groups -OCH3 is 2. The second kappa shape index (κ2) is 17.0. The van der Waals surface area contributed by atoms with E-state index in [0.29, 0.717) is 29.1 Å². The van der Waals surface area contributed by atoms with E-state index in [1.807, 2.05) is 66.7 Å². The summed E-state index contributed by atoms with van der Waals surface area (Å²) in [6.45, 7) is 3.55. The van der Waals surface area contributed by atoms with Gasteiger partial charge in [-0.05, 0) is 29.7 Å². The Morgan fingerprint density at radius 2 is 1.46 bits per heavy atom. The number of hydrogen-bond acceptors (Lipinski definition) is 12. The fourth-order valence-corrected chi connectivity index (χ4v) is 5.89. The maximum Gasteiger partial charge on any atom is 0.353 e. The predicted octanol–water partition coefficient (Wildman–Crippen LogP) is 4.99. The Kier molecular flexibility index (Phi) is 12.3. The number of benzene rings is 3. The fraction of sp³-hybridized carbons (Fsp3) is 0.342. The normalized spacial score (nSPS) is 18.0. The molecule has 0 spiro atoms. The van der Waals surface area contributed by atoms with Gasteiger partial charge in [0.25, 0.3) is 0 Å². The van der Waals surface area contributed by atoms with Crippen molar-refractivity contribution in [1.82, 2.24) is 9.97 Å². The molecule has 1 saturated heterocycles. The maximum atomic E-state index is 14.5. The number of hydrogen-bond donors (Lipinski definition) is 0. The third kappa shape index (κ3) is 8.89. The Balaban J connectivity index is 1.52. The lowest BCUT2D eigenvalue weighted by atomic mass is 9.81. The number of carbonyl (C=O) groups excluding carboxylic acids is 3. The van der Waals surface area contributed by atoms with Crippen LogP contribution in [0.25, 0.3) is 0 Å². The summed E-state index contributed by atoms with van der Waals surface area (Å²) >= 11 is 0. The number of aromatic nitrogens is 2. The molecule has 0 N–H and O–H groups in total. The molecule has 0 bridgehead atoms. The zero-order valence-electron chi connectivity index (χ0n) is 28.4. The second-order valence-corrected chi connectivity index (χ2v) is 11.6. The van der Waals surface area contributed by atoms with Crippen molar-refractivity contribution in [3.63, 3.8) is 0 Å². The Morgan fingerprint density at radius 1 is 0.840 bits per heavy atom. The molecule has 1 aliphatic rings. The molecule has 5 rings (SSSR count). The molecule has 2 heterocycles. The Hall–Kier alpha value is -5.17. The van der Waals surface area contributed by atoms with Crippen LogP contribution in [0.2, 0.25) is 0 Å². The fourth-order valence-electron chi connectivity index (χ4n) is 5.89. The molecule has 0 saturated carbocycles. The van der Waals surface area contributed by atoms with Gasteiger partial charge in [0, 0.05) is 32.6 Å². The maximum absolute atomic E-state index is 14.5. The third-order valence-corrected chi connectivity index (χ3v) is 8.07. The van der Waals surface area contributed by atoms with Crippen LogP contribution in [0, 0.1) is 6.92 Å². The smallest absolute Gasteiger partial charge is 0.353 e. The summed E-state index contributed by atoms with van der Waals surface area (Å²) in [6.07, 6.45) is -4.81. The highest BCUT2D eigenvalue weighted by Gasteiger charge is 2.51. The quantitative estimate of drug-likeness (QED) is 0.130. The van der Waals surface area contributed by atoms with Gasteiger partial charge in [-0.1, -0.05) is 91.0 Å². The molecule has 0 radical (unpaired) electrons. The van der Waals surface area contributed by atoms with Crippen LogP contribution in [-0.2, 0) is 61.6 Å². The molecule has 4 atom stereocenters. The molecule has 12 heteroatoms. The van der Waals surface area contributed by atoms with Gasteiger partial charge in [-0.3, -0.25) is 4.79 Å². The van der Waals surface area contributed by atoms with Crippen molar-refractivity contribution in [3.8, 4) is 6.01 Å². The van der Waals surface area contributed by atoms with E-state index < -0.39 is 48.1 Å². The van der Waals surface area contributed by atoms with E-state index in [1.54, 1.807) is 37.3 Å². The average Bonchev–Trinajstić information content (AvgIpc) is 3.12. The number of rotatable bonds is 14. The molecule has 3 aromatic carbocycles. The minimum Gasteiger partial charge on any atom is -0.467 e. The summed E-state index contributed by atoms with van der Waals surface area (Å²) in [5, 5.41) is 0. The zero-order chi connectivity index (χ0) is 35.5. The van der Waals surface area contributed by atoms with Gasteiger partial charge in [-0.2, -0.15) is 4.98 Å². The number of carbonyl (C=O) groups is 3.